The summed E-state index contributed by atoms with van der Waals surface area (Å²) in [7, 11) is -3.81. The first kappa shape index (κ1) is 15.3. The Bertz CT molecular complexity index is 745. The Morgan fingerprint density at radius 3 is 2.57 bits per heavy atom. The van der Waals surface area contributed by atoms with E-state index >= 15 is 0 Å². The number of rotatable bonds is 4. The lowest BCUT2D eigenvalue weighted by Gasteiger charge is -2.18. The summed E-state index contributed by atoms with van der Waals surface area (Å²) >= 11 is 0. The standard InChI is InChI=1S/C14H18N4O2S/c1-9-13(7-11(15)8-14(9)21(16,19)20)18-10(2)12-5-3-4-6-17-12/h3-8,10,18H,15H2,1-2H3,(H2,16,19,20). The van der Waals surface area contributed by atoms with Crippen LogP contribution in [0, 0.1) is 6.92 Å². The zero-order valence-electron chi connectivity index (χ0n) is 11.9. The minimum atomic E-state index is -3.81. The van der Waals surface area contributed by atoms with Gasteiger partial charge in [0.15, 0.2) is 0 Å². The molecule has 1 atom stereocenters. The van der Waals surface area contributed by atoms with Crippen LogP contribution in [0.15, 0.2) is 41.4 Å². The van der Waals surface area contributed by atoms with E-state index in [-0.39, 0.29) is 10.9 Å². The number of sulfonamides is 1. The number of hydrogen-bond donors (Lipinski definition) is 3. The third-order valence-corrected chi connectivity index (χ3v) is 4.23. The zero-order valence-corrected chi connectivity index (χ0v) is 12.7. The van der Waals surface area contributed by atoms with Gasteiger partial charge in [0.05, 0.1) is 16.6 Å². The molecule has 1 heterocycles. The molecule has 21 heavy (non-hydrogen) atoms. The predicted molar refractivity (Wildman–Crippen MR) is 83.2 cm³/mol. The van der Waals surface area contributed by atoms with Crippen LogP contribution in [0.3, 0.4) is 0 Å². The largest absolute Gasteiger partial charge is 0.399 e. The Balaban J connectivity index is 2.39. The minimum absolute atomic E-state index is 0.0261. The highest BCUT2D eigenvalue weighted by atomic mass is 32.2. The van der Waals surface area contributed by atoms with Crippen molar-refractivity contribution in [2.45, 2.75) is 24.8 Å². The second kappa shape index (κ2) is 5.71. The maximum Gasteiger partial charge on any atom is 0.238 e. The summed E-state index contributed by atoms with van der Waals surface area (Å²) in [5.41, 5.74) is 8.10. The van der Waals surface area contributed by atoms with E-state index in [9.17, 15) is 8.42 Å². The second-order valence-corrected chi connectivity index (χ2v) is 6.39. The predicted octanol–water partition coefficient (Wildman–Crippen LogP) is 1.79. The van der Waals surface area contributed by atoms with E-state index in [1.54, 1.807) is 19.2 Å². The Kier molecular flexibility index (Phi) is 4.15. The van der Waals surface area contributed by atoms with Crippen molar-refractivity contribution in [2.75, 3.05) is 11.1 Å². The molecule has 5 N–H and O–H groups in total. The Morgan fingerprint density at radius 1 is 1.29 bits per heavy atom. The van der Waals surface area contributed by atoms with E-state index in [2.05, 4.69) is 10.3 Å². The molecule has 7 heteroatoms. The van der Waals surface area contributed by atoms with Crippen LogP contribution in [0.5, 0.6) is 0 Å². The van der Waals surface area contributed by atoms with Crippen molar-refractivity contribution in [1.29, 1.82) is 0 Å². The summed E-state index contributed by atoms with van der Waals surface area (Å²) in [4.78, 5) is 4.29. The number of nitrogens with zero attached hydrogens (tertiary/aromatic N) is 1. The molecule has 0 aliphatic carbocycles. The average Bonchev–Trinajstić information content (AvgIpc) is 2.42. The third kappa shape index (κ3) is 3.50. The molecule has 0 spiro atoms. The van der Waals surface area contributed by atoms with E-state index < -0.39 is 10.0 Å². The van der Waals surface area contributed by atoms with Gasteiger partial charge in [-0.1, -0.05) is 6.07 Å². The van der Waals surface area contributed by atoms with Crippen LogP contribution >= 0.6 is 0 Å². The first-order chi connectivity index (χ1) is 9.79. The fraction of sp³-hybridized carbons (Fsp3) is 0.214. The SMILES string of the molecule is Cc1c(NC(C)c2ccccn2)cc(N)cc1S(N)(=O)=O. The molecular formula is C14H18N4O2S. The molecule has 0 aliphatic rings. The van der Waals surface area contributed by atoms with Gasteiger partial charge in [0.25, 0.3) is 0 Å². The van der Waals surface area contributed by atoms with E-state index in [0.29, 0.717) is 16.9 Å². The molecule has 112 valence electrons. The molecule has 0 bridgehead atoms. The highest BCUT2D eigenvalue weighted by Crippen LogP contribution is 2.28. The van der Waals surface area contributed by atoms with Gasteiger partial charge in [-0.15, -0.1) is 0 Å². The summed E-state index contributed by atoms with van der Waals surface area (Å²) in [6.07, 6.45) is 1.70. The van der Waals surface area contributed by atoms with Crippen LogP contribution in [-0.2, 0) is 10.0 Å². The maximum atomic E-state index is 11.6. The first-order valence-electron chi connectivity index (χ1n) is 6.39. The summed E-state index contributed by atoms with van der Waals surface area (Å²) < 4.78 is 23.2. The quantitative estimate of drug-likeness (QED) is 0.746. The number of aromatic nitrogens is 1. The van der Waals surface area contributed by atoms with Gasteiger partial charge in [-0.25, -0.2) is 13.6 Å². The molecule has 1 aromatic heterocycles. The summed E-state index contributed by atoms with van der Waals surface area (Å²) in [6, 6.07) is 8.56. The van der Waals surface area contributed by atoms with Crippen LogP contribution in [0.25, 0.3) is 0 Å². The molecule has 0 saturated heterocycles. The highest BCUT2D eigenvalue weighted by molar-refractivity contribution is 7.89. The molecule has 0 aliphatic heterocycles. The van der Waals surface area contributed by atoms with Gasteiger partial charge in [0.2, 0.25) is 10.0 Å². The molecule has 0 fully saturated rings. The molecule has 1 aromatic carbocycles. The monoisotopic (exact) mass is 306 g/mol. The molecule has 0 saturated carbocycles. The highest BCUT2D eigenvalue weighted by Gasteiger charge is 2.17. The molecule has 2 rings (SSSR count). The fourth-order valence-electron chi connectivity index (χ4n) is 2.09. The van der Waals surface area contributed by atoms with E-state index in [0.717, 1.165) is 5.69 Å². The summed E-state index contributed by atoms with van der Waals surface area (Å²) in [5.74, 6) is 0. The van der Waals surface area contributed by atoms with Crippen molar-refractivity contribution < 1.29 is 8.42 Å². The normalized spacial score (nSPS) is 12.9. The zero-order chi connectivity index (χ0) is 15.6. The smallest absolute Gasteiger partial charge is 0.238 e. The van der Waals surface area contributed by atoms with Crippen LogP contribution in [0.4, 0.5) is 11.4 Å². The number of nitrogens with two attached hydrogens (primary N) is 2. The lowest BCUT2D eigenvalue weighted by Crippen LogP contribution is -2.16. The van der Waals surface area contributed by atoms with Crippen LogP contribution in [0.2, 0.25) is 0 Å². The average molecular weight is 306 g/mol. The number of nitrogen functional groups attached to an aromatic ring is 1. The topological polar surface area (TPSA) is 111 Å². The lowest BCUT2D eigenvalue weighted by molar-refractivity contribution is 0.597. The minimum Gasteiger partial charge on any atom is -0.399 e. The maximum absolute atomic E-state index is 11.6. The lowest BCUT2D eigenvalue weighted by atomic mass is 10.1. The Hall–Kier alpha value is -2.12. The molecule has 1 unspecified atom stereocenters. The van der Waals surface area contributed by atoms with Crippen molar-refractivity contribution in [2.24, 2.45) is 5.14 Å². The van der Waals surface area contributed by atoms with Crippen molar-refractivity contribution in [3.05, 3.63) is 47.8 Å². The van der Waals surface area contributed by atoms with Crippen molar-refractivity contribution in [3.63, 3.8) is 0 Å². The van der Waals surface area contributed by atoms with Crippen molar-refractivity contribution in [1.82, 2.24) is 4.98 Å². The number of benzene rings is 1. The summed E-state index contributed by atoms with van der Waals surface area (Å²) in [5, 5.41) is 8.43. The number of anilines is 2. The second-order valence-electron chi connectivity index (χ2n) is 4.86. The van der Waals surface area contributed by atoms with Crippen LogP contribution in [0.1, 0.15) is 24.2 Å². The molecule has 6 nitrogen and oxygen atoms in total. The van der Waals surface area contributed by atoms with Crippen molar-refractivity contribution >= 4 is 21.4 Å². The van der Waals surface area contributed by atoms with Gasteiger partial charge in [0.1, 0.15) is 0 Å². The van der Waals surface area contributed by atoms with Gasteiger partial charge in [-0.2, -0.15) is 0 Å². The van der Waals surface area contributed by atoms with Gasteiger partial charge in [-0.3, -0.25) is 4.98 Å². The van der Waals surface area contributed by atoms with Gasteiger partial charge >= 0.3 is 0 Å². The van der Waals surface area contributed by atoms with E-state index in [1.807, 2.05) is 25.1 Å². The van der Waals surface area contributed by atoms with Crippen LogP contribution in [-0.4, -0.2) is 13.4 Å². The third-order valence-electron chi connectivity index (χ3n) is 3.19. The molecular weight excluding hydrogens is 288 g/mol. The fourth-order valence-corrected chi connectivity index (χ4v) is 2.93. The first-order valence-corrected chi connectivity index (χ1v) is 7.94. The molecule has 0 amide bonds. The number of pyridine rings is 1. The van der Waals surface area contributed by atoms with Gasteiger partial charge in [-0.05, 0) is 43.7 Å². The Labute approximate surface area is 124 Å². The number of primary sulfonamides is 1. The molecule has 0 radical (unpaired) electrons. The van der Waals surface area contributed by atoms with Gasteiger partial charge in [0, 0.05) is 17.6 Å². The van der Waals surface area contributed by atoms with E-state index in [1.165, 1.54) is 6.07 Å². The molecule has 2 aromatic rings. The van der Waals surface area contributed by atoms with Crippen LogP contribution < -0.4 is 16.2 Å². The van der Waals surface area contributed by atoms with Crippen molar-refractivity contribution in [3.8, 4) is 0 Å². The van der Waals surface area contributed by atoms with Gasteiger partial charge < -0.3 is 11.1 Å². The summed E-state index contributed by atoms with van der Waals surface area (Å²) in [6.45, 7) is 3.62. The van der Waals surface area contributed by atoms with E-state index in [4.69, 9.17) is 10.9 Å². The number of hydrogen-bond acceptors (Lipinski definition) is 5. The number of nitrogens with one attached hydrogen (secondary N) is 1. The Morgan fingerprint density at radius 2 is 2.00 bits per heavy atom.